The molecule has 6 nitrogen and oxygen atoms in total. The summed E-state index contributed by atoms with van der Waals surface area (Å²) in [5, 5.41) is 11.3. The van der Waals surface area contributed by atoms with E-state index in [-0.39, 0.29) is 6.61 Å². The van der Waals surface area contributed by atoms with Crippen LogP contribution in [0.1, 0.15) is 42.1 Å². The third-order valence-electron chi connectivity index (χ3n) is 3.96. The molecule has 28 heavy (non-hydrogen) atoms. The molecule has 0 aliphatic heterocycles. The lowest BCUT2D eigenvalue weighted by Gasteiger charge is -2.08. The highest BCUT2D eigenvalue weighted by Gasteiger charge is 2.11. The Morgan fingerprint density at radius 2 is 1.75 bits per heavy atom. The summed E-state index contributed by atoms with van der Waals surface area (Å²) in [4.78, 5) is 24.0. The van der Waals surface area contributed by atoms with Gasteiger partial charge in [0, 0.05) is 5.69 Å². The van der Waals surface area contributed by atoms with Crippen molar-refractivity contribution in [1.29, 1.82) is 5.26 Å². The Bertz CT molecular complexity index is 808. The van der Waals surface area contributed by atoms with Crippen molar-refractivity contribution < 1.29 is 19.1 Å². The van der Waals surface area contributed by atoms with E-state index in [0.29, 0.717) is 30.0 Å². The van der Waals surface area contributed by atoms with E-state index in [0.717, 1.165) is 24.8 Å². The quantitative estimate of drug-likeness (QED) is 0.495. The highest BCUT2D eigenvalue weighted by Crippen LogP contribution is 2.14. The molecule has 0 radical (unpaired) electrons. The van der Waals surface area contributed by atoms with Crippen molar-refractivity contribution in [2.75, 3.05) is 18.5 Å². The molecule has 0 unspecified atom stereocenters. The Morgan fingerprint density at radius 3 is 2.39 bits per heavy atom. The number of carbonyl (C=O) groups excluding carboxylic acids is 2. The van der Waals surface area contributed by atoms with Crippen LogP contribution in [0.3, 0.4) is 0 Å². The summed E-state index contributed by atoms with van der Waals surface area (Å²) >= 11 is 0. The Hall–Kier alpha value is -3.33. The first-order chi connectivity index (χ1) is 13.6. The molecule has 0 heterocycles. The number of nitrogens with zero attached hydrogens (tertiary/aromatic N) is 1. The van der Waals surface area contributed by atoms with Crippen LogP contribution in [0.4, 0.5) is 5.69 Å². The van der Waals surface area contributed by atoms with E-state index in [1.54, 1.807) is 48.5 Å². The molecule has 6 heteroatoms. The molecule has 2 rings (SSSR count). The number of hydrogen-bond donors (Lipinski definition) is 1. The van der Waals surface area contributed by atoms with Gasteiger partial charge in [-0.1, -0.05) is 31.9 Å². The number of benzene rings is 2. The zero-order valence-electron chi connectivity index (χ0n) is 15.9. The number of rotatable bonds is 10. The van der Waals surface area contributed by atoms with Crippen molar-refractivity contribution in [3.8, 4) is 11.8 Å². The van der Waals surface area contributed by atoms with E-state index in [4.69, 9.17) is 14.7 Å². The molecule has 1 N–H and O–H groups in total. The molecule has 0 aliphatic rings. The lowest BCUT2D eigenvalue weighted by atomic mass is 10.1. The van der Waals surface area contributed by atoms with E-state index >= 15 is 0 Å². The number of nitriles is 1. The van der Waals surface area contributed by atoms with Gasteiger partial charge < -0.3 is 14.8 Å². The standard InChI is InChI=1S/C22H24N2O4/c1-2-3-4-15-27-20-11-7-18(8-12-20)22(26)28-16-21(25)24-19-9-5-17(6-10-19)13-14-23/h5-12H,2-4,13,15-16H2,1H3,(H,24,25). The molecule has 0 aromatic heterocycles. The van der Waals surface area contributed by atoms with Crippen LogP contribution < -0.4 is 10.1 Å². The highest BCUT2D eigenvalue weighted by molar-refractivity contribution is 5.95. The first-order valence-corrected chi connectivity index (χ1v) is 9.28. The predicted octanol–water partition coefficient (Wildman–Crippen LogP) is 4.12. The van der Waals surface area contributed by atoms with Crippen LogP contribution in [-0.2, 0) is 16.0 Å². The lowest BCUT2D eigenvalue weighted by Crippen LogP contribution is -2.20. The first-order valence-electron chi connectivity index (χ1n) is 9.28. The van der Waals surface area contributed by atoms with Crippen LogP contribution >= 0.6 is 0 Å². The third kappa shape index (κ3) is 7.12. The van der Waals surface area contributed by atoms with Gasteiger partial charge in [0.1, 0.15) is 5.75 Å². The van der Waals surface area contributed by atoms with Gasteiger partial charge in [0.15, 0.2) is 6.61 Å². The van der Waals surface area contributed by atoms with Gasteiger partial charge in [-0.3, -0.25) is 4.79 Å². The third-order valence-corrected chi connectivity index (χ3v) is 3.96. The van der Waals surface area contributed by atoms with Crippen molar-refractivity contribution in [3.05, 3.63) is 59.7 Å². The van der Waals surface area contributed by atoms with Crippen LogP contribution in [0.2, 0.25) is 0 Å². The van der Waals surface area contributed by atoms with Gasteiger partial charge in [-0.15, -0.1) is 0 Å². The minimum atomic E-state index is -0.572. The smallest absolute Gasteiger partial charge is 0.338 e. The maximum Gasteiger partial charge on any atom is 0.338 e. The number of carbonyl (C=O) groups is 2. The van der Waals surface area contributed by atoms with Crippen LogP contribution in [0, 0.1) is 11.3 Å². The monoisotopic (exact) mass is 380 g/mol. The fourth-order valence-electron chi connectivity index (χ4n) is 2.44. The molecular weight excluding hydrogens is 356 g/mol. The van der Waals surface area contributed by atoms with E-state index in [1.807, 2.05) is 0 Å². The summed E-state index contributed by atoms with van der Waals surface area (Å²) in [5.74, 6) is -0.306. The molecule has 0 atom stereocenters. The average Bonchev–Trinajstić information content (AvgIpc) is 2.71. The molecule has 0 saturated carbocycles. The normalized spacial score (nSPS) is 10.0. The van der Waals surface area contributed by atoms with Gasteiger partial charge in [0.25, 0.3) is 5.91 Å². The first kappa shape index (κ1) is 21.0. The minimum absolute atomic E-state index is 0.314. The molecule has 0 bridgehead atoms. The van der Waals surface area contributed by atoms with Crippen molar-refractivity contribution in [3.63, 3.8) is 0 Å². The second-order valence-corrected chi connectivity index (χ2v) is 6.24. The molecule has 0 fully saturated rings. The van der Waals surface area contributed by atoms with Gasteiger partial charge in [0.05, 0.1) is 24.7 Å². The van der Waals surface area contributed by atoms with E-state index < -0.39 is 11.9 Å². The van der Waals surface area contributed by atoms with Crippen molar-refractivity contribution in [2.45, 2.75) is 32.6 Å². The number of nitrogens with one attached hydrogen (secondary N) is 1. The molecule has 0 aliphatic carbocycles. The van der Waals surface area contributed by atoms with Crippen molar-refractivity contribution >= 4 is 17.6 Å². The average molecular weight is 380 g/mol. The van der Waals surface area contributed by atoms with E-state index in [2.05, 4.69) is 18.3 Å². The van der Waals surface area contributed by atoms with Crippen LogP contribution in [0.15, 0.2) is 48.5 Å². The van der Waals surface area contributed by atoms with E-state index in [1.165, 1.54) is 0 Å². The van der Waals surface area contributed by atoms with Gasteiger partial charge in [-0.25, -0.2) is 4.79 Å². The summed E-state index contributed by atoms with van der Waals surface area (Å²) in [6.45, 7) is 2.40. The fourth-order valence-corrected chi connectivity index (χ4v) is 2.44. The maximum atomic E-state index is 12.1. The molecule has 2 aromatic carbocycles. The number of unbranched alkanes of at least 4 members (excludes halogenated alkanes) is 2. The predicted molar refractivity (Wildman–Crippen MR) is 106 cm³/mol. The van der Waals surface area contributed by atoms with Crippen molar-refractivity contribution in [1.82, 2.24) is 0 Å². The zero-order chi connectivity index (χ0) is 20.2. The summed E-state index contributed by atoms with van der Waals surface area (Å²) in [6, 6.07) is 15.6. The van der Waals surface area contributed by atoms with Crippen LogP contribution in [0.25, 0.3) is 0 Å². The Morgan fingerprint density at radius 1 is 1.04 bits per heavy atom. The molecule has 1 amide bonds. The van der Waals surface area contributed by atoms with Gasteiger partial charge >= 0.3 is 5.97 Å². The SMILES string of the molecule is CCCCCOc1ccc(C(=O)OCC(=O)Nc2ccc(CC#N)cc2)cc1. The number of esters is 1. The van der Waals surface area contributed by atoms with Gasteiger partial charge in [0.2, 0.25) is 0 Å². The number of ether oxygens (including phenoxy) is 2. The second-order valence-electron chi connectivity index (χ2n) is 6.24. The minimum Gasteiger partial charge on any atom is -0.494 e. The summed E-state index contributed by atoms with van der Waals surface area (Å²) < 4.78 is 10.6. The van der Waals surface area contributed by atoms with Gasteiger partial charge in [-0.05, 0) is 48.4 Å². The summed E-state index contributed by atoms with van der Waals surface area (Å²) in [6.07, 6.45) is 3.57. The number of anilines is 1. The number of hydrogen-bond acceptors (Lipinski definition) is 5. The number of amides is 1. The van der Waals surface area contributed by atoms with Crippen LogP contribution in [0.5, 0.6) is 5.75 Å². The van der Waals surface area contributed by atoms with Crippen molar-refractivity contribution in [2.24, 2.45) is 0 Å². The zero-order valence-corrected chi connectivity index (χ0v) is 15.9. The molecule has 2 aromatic rings. The Labute approximate surface area is 165 Å². The second kappa shape index (κ2) is 11.4. The Kier molecular flexibility index (Phi) is 8.54. The fraction of sp³-hybridized carbons (Fsp3) is 0.318. The molecule has 0 saturated heterocycles. The Balaban J connectivity index is 1.76. The maximum absolute atomic E-state index is 12.1. The lowest BCUT2D eigenvalue weighted by molar-refractivity contribution is -0.119. The molecule has 146 valence electrons. The summed E-state index contributed by atoms with van der Waals surface area (Å²) in [7, 11) is 0. The molecule has 0 spiro atoms. The largest absolute Gasteiger partial charge is 0.494 e. The highest BCUT2D eigenvalue weighted by atomic mass is 16.5. The van der Waals surface area contributed by atoms with Crippen LogP contribution in [-0.4, -0.2) is 25.1 Å². The summed E-state index contributed by atoms with van der Waals surface area (Å²) in [5.41, 5.74) is 1.80. The van der Waals surface area contributed by atoms with Gasteiger partial charge in [-0.2, -0.15) is 5.26 Å². The van der Waals surface area contributed by atoms with E-state index in [9.17, 15) is 9.59 Å². The topological polar surface area (TPSA) is 88.4 Å². The molecular formula is C22H24N2O4.